The summed E-state index contributed by atoms with van der Waals surface area (Å²) in [6.07, 6.45) is 3.95. The lowest BCUT2D eigenvalue weighted by atomic mass is 10.1. The summed E-state index contributed by atoms with van der Waals surface area (Å²) in [4.78, 5) is 5.49. The lowest BCUT2D eigenvalue weighted by Crippen LogP contribution is -2.29. The number of rotatable bonds is 8. The second-order valence-corrected chi connectivity index (χ2v) is 7.84. The first-order valence-corrected chi connectivity index (χ1v) is 10.4. The van der Waals surface area contributed by atoms with Crippen LogP contribution in [0.15, 0.2) is 40.2 Å². The van der Waals surface area contributed by atoms with Gasteiger partial charge in [0.1, 0.15) is 0 Å². The van der Waals surface area contributed by atoms with Gasteiger partial charge in [-0.25, -0.2) is 0 Å². The monoisotopic (exact) mass is 400 g/mol. The number of aromatic nitrogens is 2. The zero-order valence-corrected chi connectivity index (χ0v) is 17.3. The molecule has 0 bridgehead atoms. The number of unbranched alkanes of at least 4 members (excludes halogenated alkanes) is 2. The zero-order chi connectivity index (χ0) is 19.1. The Morgan fingerprint density at radius 2 is 2.04 bits per heavy atom. The highest BCUT2D eigenvalue weighted by Gasteiger charge is 2.08. The standard InChI is InChI=1S/C20H24N4OS2/c1-14-9-10-16(13-15(14)2)22-20(26)21-11-5-3-4-8-18-23-19(24-25-18)17-7-6-12-27-17/h6-7,9-10,12-13H,3-5,8,11H2,1-2H3,(H2,21,22,26). The number of nitrogens with zero attached hydrogens (tertiary/aromatic N) is 2. The Kier molecular flexibility index (Phi) is 6.95. The van der Waals surface area contributed by atoms with Gasteiger partial charge in [0, 0.05) is 18.7 Å². The molecule has 1 aromatic carbocycles. The summed E-state index contributed by atoms with van der Waals surface area (Å²) in [5.41, 5.74) is 3.56. The molecule has 0 aliphatic rings. The maximum Gasteiger partial charge on any atom is 0.226 e. The molecule has 142 valence electrons. The number of nitrogens with one attached hydrogen (secondary N) is 2. The van der Waals surface area contributed by atoms with Gasteiger partial charge in [-0.15, -0.1) is 11.3 Å². The highest BCUT2D eigenvalue weighted by molar-refractivity contribution is 7.80. The van der Waals surface area contributed by atoms with Gasteiger partial charge in [-0.05, 0) is 73.6 Å². The summed E-state index contributed by atoms with van der Waals surface area (Å²) in [6, 6.07) is 10.2. The van der Waals surface area contributed by atoms with E-state index in [1.165, 1.54) is 11.1 Å². The predicted molar refractivity (Wildman–Crippen MR) is 115 cm³/mol. The molecule has 0 radical (unpaired) electrons. The Bertz CT molecular complexity index is 874. The largest absolute Gasteiger partial charge is 0.362 e. The third kappa shape index (κ3) is 5.87. The SMILES string of the molecule is Cc1ccc(NC(=S)NCCCCCc2nc(-c3cccs3)no2)cc1C. The molecule has 0 aliphatic heterocycles. The Labute approximate surface area is 169 Å². The Balaban J connectivity index is 1.30. The molecule has 3 aromatic rings. The number of hydrogen-bond acceptors (Lipinski definition) is 5. The second kappa shape index (κ2) is 9.62. The topological polar surface area (TPSA) is 63.0 Å². The first-order valence-electron chi connectivity index (χ1n) is 9.10. The fourth-order valence-electron chi connectivity index (χ4n) is 2.64. The van der Waals surface area contributed by atoms with Crippen LogP contribution >= 0.6 is 23.6 Å². The van der Waals surface area contributed by atoms with Gasteiger partial charge in [0.2, 0.25) is 11.7 Å². The van der Waals surface area contributed by atoms with E-state index in [2.05, 4.69) is 46.8 Å². The first-order chi connectivity index (χ1) is 13.1. The summed E-state index contributed by atoms with van der Waals surface area (Å²) < 4.78 is 5.32. The van der Waals surface area contributed by atoms with E-state index in [0.717, 1.165) is 42.8 Å². The van der Waals surface area contributed by atoms with E-state index in [0.29, 0.717) is 16.8 Å². The van der Waals surface area contributed by atoms with Crippen molar-refractivity contribution < 1.29 is 4.52 Å². The van der Waals surface area contributed by atoms with E-state index in [4.69, 9.17) is 16.7 Å². The van der Waals surface area contributed by atoms with Gasteiger partial charge in [0.25, 0.3) is 0 Å². The fraction of sp³-hybridized carbons (Fsp3) is 0.350. The highest BCUT2D eigenvalue weighted by Crippen LogP contribution is 2.21. The molecule has 27 heavy (non-hydrogen) atoms. The number of thiocarbonyl (C=S) groups is 1. The number of aryl methyl sites for hydroxylation is 3. The van der Waals surface area contributed by atoms with Crippen molar-refractivity contribution in [3.8, 4) is 10.7 Å². The average Bonchev–Trinajstić information content (AvgIpc) is 3.32. The highest BCUT2D eigenvalue weighted by atomic mass is 32.1. The molecule has 0 aliphatic carbocycles. The molecule has 3 rings (SSSR count). The van der Waals surface area contributed by atoms with Crippen molar-refractivity contribution >= 4 is 34.4 Å². The van der Waals surface area contributed by atoms with Crippen LogP contribution in [0.25, 0.3) is 10.7 Å². The van der Waals surface area contributed by atoms with Crippen LogP contribution in [0.4, 0.5) is 5.69 Å². The molecule has 0 atom stereocenters. The van der Waals surface area contributed by atoms with Crippen molar-refractivity contribution in [2.75, 3.05) is 11.9 Å². The minimum Gasteiger partial charge on any atom is -0.362 e. The molecule has 2 aromatic heterocycles. The molecule has 0 saturated heterocycles. The fourth-order valence-corrected chi connectivity index (χ4v) is 3.51. The summed E-state index contributed by atoms with van der Waals surface area (Å²) in [5.74, 6) is 1.39. The number of thiophene rings is 1. The average molecular weight is 401 g/mol. The minimum atomic E-state index is 0.663. The molecule has 0 fully saturated rings. The molecule has 2 N–H and O–H groups in total. The second-order valence-electron chi connectivity index (χ2n) is 6.48. The third-order valence-electron chi connectivity index (χ3n) is 4.33. The van der Waals surface area contributed by atoms with Crippen LogP contribution in [-0.4, -0.2) is 21.8 Å². The van der Waals surface area contributed by atoms with E-state index < -0.39 is 0 Å². The normalized spacial score (nSPS) is 10.7. The minimum absolute atomic E-state index is 0.663. The van der Waals surface area contributed by atoms with Crippen molar-refractivity contribution in [3.05, 3.63) is 52.7 Å². The lowest BCUT2D eigenvalue weighted by molar-refractivity contribution is 0.374. The van der Waals surface area contributed by atoms with Gasteiger partial charge in [0.15, 0.2) is 5.11 Å². The number of benzene rings is 1. The van der Waals surface area contributed by atoms with Gasteiger partial charge >= 0.3 is 0 Å². The zero-order valence-electron chi connectivity index (χ0n) is 15.6. The van der Waals surface area contributed by atoms with Crippen molar-refractivity contribution in [1.82, 2.24) is 15.5 Å². The lowest BCUT2D eigenvalue weighted by Gasteiger charge is -2.11. The molecular formula is C20H24N4OS2. The smallest absolute Gasteiger partial charge is 0.226 e. The molecule has 0 unspecified atom stereocenters. The van der Waals surface area contributed by atoms with Gasteiger partial charge in [-0.2, -0.15) is 4.98 Å². The van der Waals surface area contributed by atoms with E-state index in [9.17, 15) is 0 Å². The van der Waals surface area contributed by atoms with Crippen molar-refractivity contribution in [2.45, 2.75) is 39.5 Å². The maximum atomic E-state index is 5.35. The van der Waals surface area contributed by atoms with E-state index in [-0.39, 0.29) is 0 Å². The van der Waals surface area contributed by atoms with Crippen molar-refractivity contribution in [3.63, 3.8) is 0 Å². The van der Waals surface area contributed by atoms with Crippen LogP contribution in [0.5, 0.6) is 0 Å². The van der Waals surface area contributed by atoms with Gasteiger partial charge in [-0.3, -0.25) is 0 Å². The van der Waals surface area contributed by atoms with Crippen molar-refractivity contribution in [2.24, 2.45) is 0 Å². The number of hydrogen-bond donors (Lipinski definition) is 2. The van der Waals surface area contributed by atoms with Gasteiger partial charge in [-0.1, -0.05) is 23.7 Å². The predicted octanol–water partition coefficient (Wildman–Crippen LogP) is 5.11. The summed E-state index contributed by atoms with van der Waals surface area (Å²) in [6.45, 7) is 5.05. The van der Waals surface area contributed by atoms with E-state index in [1.807, 2.05) is 23.6 Å². The van der Waals surface area contributed by atoms with Crippen LogP contribution in [0.3, 0.4) is 0 Å². The molecule has 7 heteroatoms. The number of anilines is 1. The van der Waals surface area contributed by atoms with Gasteiger partial charge in [0.05, 0.1) is 4.88 Å². The summed E-state index contributed by atoms with van der Waals surface area (Å²) in [5, 5.41) is 13.2. The third-order valence-corrected chi connectivity index (χ3v) is 5.44. The molecule has 5 nitrogen and oxygen atoms in total. The molecule has 0 spiro atoms. The molecule has 0 saturated carbocycles. The molecular weight excluding hydrogens is 376 g/mol. The van der Waals surface area contributed by atoms with Gasteiger partial charge < -0.3 is 15.2 Å². The Morgan fingerprint density at radius 3 is 2.81 bits per heavy atom. The van der Waals surface area contributed by atoms with Crippen LogP contribution in [0.1, 0.15) is 36.3 Å². The van der Waals surface area contributed by atoms with Crippen LogP contribution in [0.2, 0.25) is 0 Å². The summed E-state index contributed by atoms with van der Waals surface area (Å²) in [7, 11) is 0. The van der Waals surface area contributed by atoms with Crippen molar-refractivity contribution in [1.29, 1.82) is 0 Å². The Hall–Kier alpha value is -2.25. The van der Waals surface area contributed by atoms with Crippen LogP contribution < -0.4 is 10.6 Å². The molecule has 0 amide bonds. The van der Waals surface area contributed by atoms with E-state index in [1.54, 1.807) is 11.3 Å². The van der Waals surface area contributed by atoms with Crippen LogP contribution in [-0.2, 0) is 6.42 Å². The summed E-state index contributed by atoms with van der Waals surface area (Å²) >= 11 is 6.97. The molecule has 2 heterocycles. The maximum absolute atomic E-state index is 5.35. The van der Waals surface area contributed by atoms with E-state index >= 15 is 0 Å². The first kappa shape index (κ1) is 19.5. The van der Waals surface area contributed by atoms with Crippen LogP contribution in [0, 0.1) is 13.8 Å². The Morgan fingerprint density at radius 1 is 1.15 bits per heavy atom. The quantitative estimate of drug-likeness (QED) is 0.404.